The highest BCUT2D eigenvalue weighted by Gasteiger charge is 2.14. The Bertz CT molecular complexity index is 1430. The quantitative estimate of drug-likeness (QED) is 0.472. The van der Waals surface area contributed by atoms with E-state index in [0.29, 0.717) is 39.4 Å². The number of aryl methyl sites for hydroxylation is 1. The molecule has 2 N–H and O–H groups in total. The fourth-order valence-corrected chi connectivity index (χ4v) is 3.00. The molecular weight excluding hydrogens is 402 g/mol. The lowest BCUT2D eigenvalue weighted by Gasteiger charge is -2.09. The Labute approximate surface area is 183 Å². The molecule has 9 heteroatoms. The number of aromatic nitrogens is 5. The maximum absolute atomic E-state index is 8.94. The highest BCUT2D eigenvalue weighted by molar-refractivity contribution is 6.36. The molecule has 0 unspecified atom stereocenters. The van der Waals surface area contributed by atoms with Crippen LogP contribution in [0.25, 0.3) is 16.6 Å². The maximum Gasteiger partial charge on any atom is 0.154 e. The SMILES string of the molecule is CN=C=C(C(=N)c1ccc(C#N)nc1)c1cnc2ccc(Nc3cc(C)cnn3)nc2c1. The topological polar surface area (TPSA) is 136 Å². The molecule has 0 fully saturated rings. The van der Waals surface area contributed by atoms with Crippen molar-refractivity contribution in [2.75, 3.05) is 12.4 Å². The zero-order valence-electron chi connectivity index (χ0n) is 17.3. The monoisotopic (exact) mass is 419 g/mol. The second-order valence-electron chi connectivity index (χ2n) is 6.83. The first kappa shape index (κ1) is 20.5. The van der Waals surface area contributed by atoms with Gasteiger partial charge in [0.15, 0.2) is 5.82 Å². The summed E-state index contributed by atoms with van der Waals surface area (Å²) in [5.74, 6) is 4.06. The second-order valence-corrected chi connectivity index (χ2v) is 6.83. The van der Waals surface area contributed by atoms with E-state index in [-0.39, 0.29) is 11.4 Å². The number of hydrogen-bond donors (Lipinski definition) is 2. The van der Waals surface area contributed by atoms with E-state index < -0.39 is 0 Å². The van der Waals surface area contributed by atoms with Gasteiger partial charge in [0.25, 0.3) is 0 Å². The van der Waals surface area contributed by atoms with E-state index in [1.807, 2.05) is 37.3 Å². The zero-order chi connectivity index (χ0) is 22.5. The third-order valence-corrected chi connectivity index (χ3v) is 4.51. The number of fused-ring (bicyclic) bond motifs is 1. The summed E-state index contributed by atoms with van der Waals surface area (Å²) >= 11 is 0. The Hall–Kier alpha value is -4.80. The molecule has 0 aromatic carbocycles. The molecule has 0 aliphatic carbocycles. The van der Waals surface area contributed by atoms with Crippen molar-refractivity contribution in [2.24, 2.45) is 4.99 Å². The molecule has 4 rings (SSSR count). The second kappa shape index (κ2) is 8.92. The molecule has 32 heavy (non-hydrogen) atoms. The third kappa shape index (κ3) is 4.36. The molecule has 154 valence electrons. The van der Waals surface area contributed by atoms with Crippen LogP contribution in [0.1, 0.15) is 22.4 Å². The van der Waals surface area contributed by atoms with Crippen LogP contribution >= 0.6 is 0 Å². The van der Waals surface area contributed by atoms with Gasteiger partial charge in [0.05, 0.1) is 28.5 Å². The fourth-order valence-electron chi connectivity index (χ4n) is 3.00. The van der Waals surface area contributed by atoms with E-state index in [1.54, 1.807) is 31.6 Å². The van der Waals surface area contributed by atoms with E-state index in [0.717, 1.165) is 5.56 Å². The number of hydrogen-bond acceptors (Lipinski definition) is 9. The maximum atomic E-state index is 8.94. The van der Waals surface area contributed by atoms with E-state index >= 15 is 0 Å². The summed E-state index contributed by atoms with van der Waals surface area (Å²) < 4.78 is 0. The number of nitrogens with one attached hydrogen (secondary N) is 2. The van der Waals surface area contributed by atoms with E-state index in [1.165, 1.54) is 6.20 Å². The number of pyridine rings is 3. The largest absolute Gasteiger partial charge is 0.323 e. The predicted molar refractivity (Wildman–Crippen MR) is 122 cm³/mol. The van der Waals surface area contributed by atoms with Gasteiger partial charge in [-0.3, -0.25) is 10.4 Å². The smallest absolute Gasteiger partial charge is 0.154 e. The molecule has 0 saturated carbocycles. The summed E-state index contributed by atoms with van der Waals surface area (Å²) in [5, 5.41) is 28.7. The van der Waals surface area contributed by atoms with Crippen molar-refractivity contribution in [3.05, 3.63) is 77.4 Å². The number of nitriles is 1. The minimum Gasteiger partial charge on any atom is -0.323 e. The van der Waals surface area contributed by atoms with Gasteiger partial charge in [-0.2, -0.15) is 10.4 Å². The lowest BCUT2D eigenvalue weighted by atomic mass is 9.99. The summed E-state index contributed by atoms with van der Waals surface area (Å²) in [7, 11) is 1.59. The van der Waals surface area contributed by atoms with Gasteiger partial charge in [0, 0.05) is 30.6 Å². The van der Waals surface area contributed by atoms with Gasteiger partial charge in [0.2, 0.25) is 0 Å². The Balaban J connectivity index is 1.70. The van der Waals surface area contributed by atoms with Gasteiger partial charge >= 0.3 is 0 Å². The predicted octanol–water partition coefficient (Wildman–Crippen LogP) is 3.49. The normalized spacial score (nSPS) is 10.2. The highest BCUT2D eigenvalue weighted by atomic mass is 15.2. The zero-order valence-corrected chi connectivity index (χ0v) is 17.3. The Morgan fingerprint density at radius 2 is 1.84 bits per heavy atom. The van der Waals surface area contributed by atoms with Crippen LogP contribution in [0.15, 0.2) is 60.0 Å². The molecular formula is C23H17N9. The van der Waals surface area contributed by atoms with Gasteiger partial charge < -0.3 is 5.32 Å². The molecule has 0 radical (unpaired) electrons. The molecule has 4 aromatic rings. The summed E-state index contributed by atoms with van der Waals surface area (Å²) in [6.45, 7) is 1.94. The first-order valence-electron chi connectivity index (χ1n) is 9.58. The van der Waals surface area contributed by atoms with Gasteiger partial charge in [-0.05, 0) is 54.8 Å². The van der Waals surface area contributed by atoms with Crippen LogP contribution in [-0.4, -0.2) is 43.8 Å². The third-order valence-electron chi connectivity index (χ3n) is 4.51. The van der Waals surface area contributed by atoms with Crippen molar-refractivity contribution < 1.29 is 0 Å². The van der Waals surface area contributed by atoms with Crippen LogP contribution in [0.4, 0.5) is 11.6 Å². The molecule has 0 amide bonds. The van der Waals surface area contributed by atoms with Crippen molar-refractivity contribution in [1.29, 1.82) is 10.7 Å². The van der Waals surface area contributed by atoms with E-state index in [2.05, 4.69) is 41.3 Å². The molecule has 4 heterocycles. The fraction of sp³-hybridized carbons (Fsp3) is 0.0870. The van der Waals surface area contributed by atoms with Crippen LogP contribution < -0.4 is 5.32 Å². The van der Waals surface area contributed by atoms with Gasteiger partial charge in [-0.25, -0.2) is 15.0 Å². The van der Waals surface area contributed by atoms with Crippen LogP contribution in [-0.2, 0) is 0 Å². The molecule has 0 aliphatic rings. The molecule has 0 spiro atoms. The Morgan fingerprint density at radius 1 is 1.00 bits per heavy atom. The van der Waals surface area contributed by atoms with Crippen LogP contribution in [0.5, 0.6) is 0 Å². The molecule has 0 atom stereocenters. The van der Waals surface area contributed by atoms with Crippen molar-refractivity contribution in [3.63, 3.8) is 0 Å². The molecule has 0 bridgehead atoms. The van der Waals surface area contributed by atoms with Crippen LogP contribution in [0.3, 0.4) is 0 Å². The van der Waals surface area contributed by atoms with Crippen molar-refractivity contribution in [3.8, 4) is 6.07 Å². The average molecular weight is 419 g/mol. The van der Waals surface area contributed by atoms with E-state index in [9.17, 15) is 0 Å². The number of aliphatic imine (C=N–C) groups is 1. The summed E-state index contributed by atoms with van der Waals surface area (Å²) in [5.41, 5.74) is 4.39. The lowest BCUT2D eigenvalue weighted by molar-refractivity contribution is 1.02. The van der Waals surface area contributed by atoms with Crippen LogP contribution in [0, 0.1) is 23.7 Å². The lowest BCUT2D eigenvalue weighted by Crippen LogP contribution is -2.05. The number of anilines is 2. The van der Waals surface area contributed by atoms with Crippen molar-refractivity contribution in [2.45, 2.75) is 6.92 Å². The first-order chi connectivity index (χ1) is 15.6. The van der Waals surface area contributed by atoms with E-state index in [4.69, 9.17) is 10.7 Å². The molecule has 9 nitrogen and oxygen atoms in total. The number of rotatable bonds is 5. The standard InChI is InChI=1S/C23H17N9/c1-14-7-22(32-29-10-14)31-21-6-5-19-20(30-21)8-16(12-28-19)18(13-26-2)23(25)15-3-4-17(9-24)27-11-15/h3-8,10-12,25H,1-2H3,(H,30,31,32). The molecule has 4 aromatic heterocycles. The van der Waals surface area contributed by atoms with Crippen molar-refractivity contribution >= 4 is 39.8 Å². The summed E-state index contributed by atoms with van der Waals surface area (Å²) in [4.78, 5) is 17.1. The summed E-state index contributed by atoms with van der Waals surface area (Å²) in [6, 6.07) is 12.6. The minimum atomic E-state index is 0.165. The van der Waals surface area contributed by atoms with Gasteiger partial charge in [-0.15, -0.1) is 5.10 Å². The Morgan fingerprint density at radius 3 is 2.56 bits per heavy atom. The van der Waals surface area contributed by atoms with Gasteiger partial charge in [0.1, 0.15) is 17.6 Å². The minimum absolute atomic E-state index is 0.165. The summed E-state index contributed by atoms with van der Waals surface area (Å²) in [6.07, 6.45) is 4.81. The number of allylic oxidation sites excluding steroid dienone is 1. The Kier molecular flexibility index (Phi) is 5.70. The highest BCUT2D eigenvalue weighted by Crippen LogP contribution is 2.22. The molecule has 0 aliphatic heterocycles. The average Bonchev–Trinajstić information content (AvgIpc) is 2.82. The van der Waals surface area contributed by atoms with Gasteiger partial charge in [-0.1, -0.05) is 0 Å². The number of nitrogens with zero attached hydrogens (tertiary/aromatic N) is 7. The van der Waals surface area contributed by atoms with Crippen molar-refractivity contribution in [1.82, 2.24) is 25.1 Å². The first-order valence-corrected chi connectivity index (χ1v) is 9.58. The van der Waals surface area contributed by atoms with Crippen LogP contribution in [0.2, 0.25) is 0 Å². The molecule has 0 saturated heterocycles.